The van der Waals surface area contributed by atoms with E-state index in [0.717, 1.165) is 33.0 Å². The summed E-state index contributed by atoms with van der Waals surface area (Å²) < 4.78 is 0. The monoisotopic (exact) mass is 304 g/mol. The van der Waals surface area contributed by atoms with Gasteiger partial charge in [-0.15, -0.1) is 0 Å². The van der Waals surface area contributed by atoms with Gasteiger partial charge in [0.2, 0.25) is 0 Å². The van der Waals surface area contributed by atoms with Crippen molar-refractivity contribution in [2.24, 2.45) is 0 Å². The molecule has 1 aromatic heterocycles. The number of benzene rings is 1. The van der Waals surface area contributed by atoms with E-state index in [-0.39, 0.29) is 5.91 Å². The molecule has 1 heterocycles. The van der Waals surface area contributed by atoms with Gasteiger partial charge in [-0.3, -0.25) is 4.79 Å². The number of aryl methyl sites for hydroxylation is 1. The summed E-state index contributed by atoms with van der Waals surface area (Å²) in [6.45, 7) is 9.69. The summed E-state index contributed by atoms with van der Waals surface area (Å²) in [6, 6.07) is 7.71. The van der Waals surface area contributed by atoms with Crippen molar-refractivity contribution in [3.05, 3.63) is 58.2 Å². The van der Waals surface area contributed by atoms with E-state index in [1.165, 1.54) is 0 Å². The molecule has 3 heteroatoms. The summed E-state index contributed by atoms with van der Waals surface area (Å²) in [5.41, 5.74) is 3.96. The van der Waals surface area contributed by atoms with Crippen LogP contribution in [0.2, 0.25) is 0 Å². The highest BCUT2D eigenvalue weighted by atomic mass is 16.1. The molecule has 3 nitrogen and oxygen atoms in total. The van der Waals surface area contributed by atoms with Crippen LogP contribution in [0.15, 0.2) is 36.5 Å². The van der Waals surface area contributed by atoms with Crippen LogP contribution < -0.4 is 15.9 Å². The third-order valence-corrected chi connectivity index (χ3v) is 3.52. The number of H-pyrrole nitrogens is 1. The number of hydrogen-bond donors (Lipinski definition) is 2. The highest BCUT2D eigenvalue weighted by Gasteiger charge is 2.03. The SMILES string of the molecule is C=c1[nH]cc(C)/c1=C/C(=C\C)c1cccc(NC(=O)C#CC)c1. The Hall–Kier alpha value is -2.99. The quantitative estimate of drug-likeness (QED) is 0.841. The normalized spacial score (nSPS) is 11.8. The molecule has 0 spiro atoms. The van der Waals surface area contributed by atoms with Gasteiger partial charge in [-0.25, -0.2) is 0 Å². The number of amides is 1. The van der Waals surface area contributed by atoms with E-state index >= 15 is 0 Å². The molecule has 2 N–H and O–H groups in total. The zero-order chi connectivity index (χ0) is 16.8. The van der Waals surface area contributed by atoms with Crippen LogP contribution >= 0.6 is 0 Å². The van der Waals surface area contributed by atoms with E-state index in [4.69, 9.17) is 0 Å². The molecule has 0 bridgehead atoms. The number of rotatable bonds is 3. The zero-order valence-corrected chi connectivity index (χ0v) is 13.7. The van der Waals surface area contributed by atoms with Crippen LogP contribution in [0, 0.1) is 18.8 Å². The molecule has 0 radical (unpaired) electrons. The second kappa shape index (κ2) is 7.33. The molecule has 1 aromatic carbocycles. The van der Waals surface area contributed by atoms with Crippen molar-refractivity contribution in [3.8, 4) is 11.8 Å². The van der Waals surface area contributed by atoms with E-state index < -0.39 is 0 Å². The van der Waals surface area contributed by atoms with Crippen LogP contribution in [-0.2, 0) is 4.79 Å². The number of anilines is 1. The maximum absolute atomic E-state index is 11.6. The smallest absolute Gasteiger partial charge is 0.300 e. The molecule has 2 aromatic rings. The molecule has 2 rings (SSSR count). The fourth-order valence-corrected chi connectivity index (χ4v) is 2.33. The lowest BCUT2D eigenvalue weighted by molar-refractivity contribution is -0.111. The van der Waals surface area contributed by atoms with Crippen LogP contribution in [0.25, 0.3) is 18.2 Å². The van der Waals surface area contributed by atoms with Crippen molar-refractivity contribution in [1.82, 2.24) is 4.98 Å². The molecule has 0 aliphatic heterocycles. The lowest BCUT2D eigenvalue weighted by atomic mass is 10.0. The topological polar surface area (TPSA) is 44.9 Å². The first kappa shape index (κ1) is 16.4. The zero-order valence-electron chi connectivity index (χ0n) is 13.7. The Morgan fingerprint density at radius 2 is 2.17 bits per heavy atom. The van der Waals surface area contributed by atoms with E-state index in [0.29, 0.717) is 0 Å². The Kier molecular flexibility index (Phi) is 5.22. The van der Waals surface area contributed by atoms with Gasteiger partial charge in [-0.1, -0.05) is 30.7 Å². The number of aromatic nitrogens is 1. The van der Waals surface area contributed by atoms with Crippen molar-refractivity contribution < 1.29 is 4.79 Å². The summed E-state index contributed by atoms with van der Waals surface area (Å²) in [6.07, 6.45) is 6.08. The summed E-state index contributed by atoms with van der Waals surface area (Å²) in [7, 11) is 0. The lowest BCUT2D eigenvalue weighted by Crippen LogP contribution is -2.22. The Morgan fingerprint density at radius 1 is 1.39 bits per heavy atom. The van der Waals surface area contributed by atoms with Gasteiger partial charge in [-0.05, 0) is 61.6 Å². The Labute approximate surface area is 136 Å². The van der Waals surface area contributed by atoms with E-state index in [1.807, 2.05) is 50.4 Å². The predicted octanol–water partition coefficient (Wildman–Crippen LogP) is 2.58. The van der Waals surface area contributed by atoms with Crippen LogP contribution in [0.1, 0.15) is 25.0 Å². The molecule has 23 heavy (non-hydrogen) atoms. The van der Waals surface area contributed by atoms with Gasteiger partial charge < -0.3 is 10.3 Å². The summed E-state index contributed by atoms with van der Waals surface area (Å²) in [4.78, 5) is 14.7. The maximum atomic E-state index is 11.6. The summed E-state index contributed by atoms with van der Waals surface area (Å²) in [5.74, 6) is 4.75. The molecule has 0 saturated carbocycles. The van der Waals surface area contributed by atoms with Gasteiger partial charge >= 0.3 is 0 Å². The van der Waals surface area contributed by atoms with Gasteiger partial charge in [0.05, 0.1) is 0 Å². The number of hydrogen-bond acceptors (Lipinski definition) is 1. The Morgan fingerprint density at radius 3 is 2.78 bits per heavy atom. The molecule has 116 valence electrons. The van der Waals surface area contributed by atoms with Crippen LogP contribution in [0.3, 0.4) is 0 Å². The number of carbonyl (C=O) groups is 1. The van der Waals surface area contributed by atoms with Crippen molar-refractivity contribution in [1.29, 1.82) is 0 Å². The molecular formula is C20H20N2O. The van der Waals surface area contributed by atoms with Crippen molar-refractivity contribution in [3.63, 3.8) is 0 Å². The molecule has 0 unspecified atom stereocenters. The highest BCUT2D eigenvalue weighted by molar-refractivity contribution is 6.04. The predicted molar refractivity (Wildman–Crippen MR) is 96.9 cm³/mol. The Bertz CT molecular complexity index is 921. The van der Waals surface area contributed by atoms with Gasteiger partial charge in [0.25, 0.3) is 5.91 Å². The van der Waals surface area contributed by atoms with E-state index in [1.54, 1.807) is 6.92 Å². The minimum atomic E-state index is -0.308. The average molecular weight is 304 g/mol. The highest BCUT2D eigenvalue weighted by Crippen LogP contribution is 2.20. The minimum absolute atomic E-state index is 0.308. The van der Waals surface area contributed by atoms with E-state index in [2.05, 4.69) is 34.8 Å². The van der Waals surface area contributed by atoms with Gasteiger partial charge in [0.15, 0.2) is 0 Å². The summed E-state index contributed by atoms with van der Waals surface area (Å²) in [5, 5.41) is 4.75. The van der Waals surface area contributed by atoms with Crippen molar-refractivity contribution >= 4 is 29.8 Å². The molecule has 0 atom stereocenters. The largest absolute Gasteiger partial charge is 0.361 e. The van der Waals surface area contributed by atoms with Crippen molar-refractivity contribution in [2.75, 3.05) is 5.32 Å². The average Bonchev–Trinajstić information content (AvgIpc) is 2.84. The Balaban J connectivity index is 2.40. The number of aromatic amines is 1. The van der Waals surface area contributed by atoms with Crippen LogP contribution in [0.4, 0.5) is 5.69 Å². The third-order valence-electron chi connectivity index (χ3n) is 3.52. The number of nitrogens with one attached hydrogen (secondary N) is 2. The van der Waals surface area contributed by atoms with Crippen molar-refractivity contribution in [2.45, 2.75) is 20.8 Å². The second-order valence-electron chi connectivity index (χ2n) is 5.16. The van der Waals surface area contributed by atoms with Gasteiger partial charge in [0.1, 0.15) is 0 Å². The van der Waals surface area contributed by atoms with Crippen LogP contribution in [-0.4, -0.2) is 10.9 Å². The first-order valence-electron chi connectivity index (χ1n) is 7.40. The summed E-state index contributed by atoms with van der Waals surface area (Å²) >= 11 is 0. The molecule has 0 saturated heterocycles. The van der Waals surface area contributed by atoms with Gasteiger partial charge in [0, 0.05) is 22.5 Å². The molecule has 0 fully saturated rings. The second-order valence-corrected chi connectivity index (χ2v) is 5.16. The van der Waals surface area contributed by atoms with Crippen LogP contribution in [0.5, 0.6) is 0 Å². The molecule has 0 aliphatic rings. The van der Waals surface area contributed by atoms with E-state index in [9.17, 15) is 4.79 Å². The third kappa shape index (κ3) is 4.02. The molecule has 1 amide bonds. The lowest BCUT2D eigenvalue weighted by Gasteiger charge is -2.06. The number of allylic oxidation sites excluding steroid dienone is 2. The standard InChI is InChI=1S/C20H20N2O/c1-5-8-20(23)22-18-10-7-9-17(11-18)16(6-2)12-19-14(3)13-21-15(19)4/h6-7,9-13,21H,4H2,1-3H3,(H,22,23)/b16-6+,19-12-. The minimum Gasteiger partial charge on any atom is -0.361 e. The fourth-order valence-electron chi connectivity index (χ4n) is 2.33. The molecular weight excluding hydrogens is 284 g/mol. The number of carbonyl (C=O) groups excluding carboxylic acids is 1. The van der Waals surface area contributed by atoms with Gasteiger partial charge in [-0.2, -0.15) is 0 Å². The first-order valence-corrected chi connectivity index (χ1v) is 7.40. The molecule has 0 aliphatic carbocycles. The first-order chi connectivity index (χ1) is 11.0. The maximum Gasteiger partial charge on any atom is 0.300 e. The fraction of sp³-hybridized carbons (Fsp3) is 0.150.